The van der Waals surface area contributed by atoms with Gasteiger partial charge in [-0.05, 0) is 42.7 Å². The largest absolute Gasteiger partial charge is 0.437 e. The highest BCUT2D eigenvalue weighted by molar-refractivity contribution is 8.23. The number of nitroso groups, excluding NO2 is 1. The molecule has 2 unspecified atom stereocenters. The Balaban J connectivity index is 1.32. The average molecular weight is 508 g/mol. The highest BCUT2D eigenvalue weighted by Crippen LogP contribution is 2.36. The van der Waals surface area contributed by atoms with Crippen LogP contribution in [0.2, 0.25) is 0 Å². The Kier molecular flexibility index (Phi) is 6.68. The van der Waals surface area contributed by atoms with E-state index in [0.29, 0.717) is 22.5 Å². The van der Waals surface area contributed by atoms with Crippen LogP contribution in [0.25, 0.3) is 0 Å². The first-order chi connectivity index (χ1) is 15.6. The van der Waals surface area contributed by atoms with Gasteiger partial charge in [0.15, 0.2) is 0 Å². The number of thioether (sulfide) groups is 1. The molecule has 12 heteroatoms. The lowest BCUT2D eigenvalue weighted by Gasteiger charge is -2.43. The number of aromatic nitrogens is 1. The molecule has 1 amide bonds. The summed E-state index contributed by atoms with van der Waals surface area (Å²) in [4.78, 5) is 37.7. The standard InChI is InChI=1S/C21H22N4O5S3/c1-23(28)33(29,30)17-7-5-16(6-8-17)22-19(26)13-32-21(31)24-10-14-9-15(12-24)18-3-2-4-20(27)25(18)11-14/h2-8,14-15H,9-13H2,1H3/p+1. The van der Waals surface area contributed by atoms with Crippen molar-refractivity contribution in [1.82, 2.24) is 9.47 Å². The van der Waals surface area contributed by atoms with Crippen molar-refractivity contribution in [3.8, 4) is 0 Å². The number of likely N-dealkylation sites (tertiary alicyclic amines) is 1. The van der Waals surface area contributed by atoms with Gasteiger partial charge in [-0.1, -0.05) is 30.0 Å². The summed E-state index contributed by atoms with van der Waals surface area (Å²) in [5, 5.41) is 2.70. The van der Waals surface area contributed by atoms with Crippen molar-refractivity contribution in [2.75, 3.05) is 31.2 Å². The predicted molar refractivity (Wildman–Crippen MR) is 130 cm³/mol. The first-order valence-corrected chi connectivity index (χ1v) is 13.2. The summed E-state index contributed by atoms with van der Waals surface area (Å²) in [6.45, 7) is 2.16. The Labute approximate surface area is 200 Å². The maximum atomic E-state index is 12.4. The van der Waals surface area contributed by atoms with Crippen LogP contribution in [0.15, 0.2) is 52.2 Å². The van der Waals surface area contributed by atoms with E-state index >= 15 is 0 Å². The number of rotatable bonds is 5. The minimum absolute atomic E-state index is 0.0370. The SMILES string of the molecule is C[N+](=O)S(=O)(=O)c1ccc(NC(=O)CSC(=S)N2CC3CC(C2)c2cccc(=O)n2C3)cc1. The Hall–Kier alpha value is -2.57. The number of nitrogens with zero attached hydrogens (tertiary/aromatic N) is 3. The molecule has 1 fully saturated rings. The number of benzene rings is 1. The topological polar surface area (TPSA) is 109 Å². The maximum absolute atomic E-state index is 12.4. The first-order valence-electron chi connectivity index (χ1n) is 10.3. The number of nitrogens with one attached hydrogen (secondary N) is 1. The van der Waals surface area contributed by atoms with Crippen LogP contribution in [0.1, 0.15) is 18.0 Å². The Morgan fingerprint density at radius 3 is 2.61 bits per heavy atom. The second kappa shape index (κ2) is 9.35. The van der Waals surface area contributed by atoms with Crippen LogP contribution in [0, 0.1) is 10.8 Å². The van der Waals surface area contributed by atoms with Crippen LogP contribution in [0.3, 0.4) is 0 Å². The van der Waals surface area contributed by atoms with Crippen LogP contribution in [0.5, 0.6) is 0 Å². The highest BCUT2D eigenvalue weighted by atomic mass is 32.2. The van der Waals surface area contributed by atoms with Crippen LogP contribution in [-0.2, 0) is 21.4 Å². The second-order valence-electron chi connectivity index (χ2n) is 8.15. The molecule has 0 aliphatic carbocycles. The van der Waals surface area contributed by atoms with Crippen molar-refractivity contribution in [1.29, 1.82) is 0 Å². The number of fused-ring (bicyclic) bond motifs is 4. The van der Waals surface area contributed by atoms with E-state index in [9.17, 15) is 22.9 Å². The molecule has 4 rings (SSSR count). The third-order valence-electron chi connectivity index (χ3n) is 5.84. The number of hydrogen-bond donors (Lipinski definition) is 1. The quantitative estimate of drug-likeness (QED) is 0.484. The zero-order valence-corrected chi connectivity index (χ0v) is 20.3. The molecule has 3 heterocycles. The Morgan fingerprint density at radius 2 is 1.91 bits per heavy atom. The van der Waals surface area contributed by atoms with Gasteiger partial charge in [0.2, 0.25) is 13.0 Å². The van der Waals surface area contributed by atoms with E-state index in [1.807, 2.05) is 10.6 Å². The number of thiocarbonyl (C=S) groups is 1. The number of anilines is 1. The molecule has 0 saturated carbocycles. The molecule has 9 nitrogen and oxygen atoms in total. The number of carbonyl (C=O) groups is 1. The molecular formula is C21H23N4O5S3+. The van der Waals surface area contributed by atoms with Crippen LogP contribution < -0.4 is 10.9 Å². The zero-order chi connectivity index (χ0) is 23.8. The zero-order valence-electron chi connectivity index (χ0n) is 17.8. The summed E-state index contributed by atoms with van der Waals surface area (Å²) in [5.74, 6) is 0.422. The fourth-order valence-electron chi connectivity index (χ4n) is 4.32. The van der Waals surface area contributed by atoms with Gasteiger partial charge in [-0.15, -0.1) is 0 Å². The summed E-state index contributed by atoms with van der Waals surface area (Å²) in [7, 11) is -3.15. The number of pyridine rings is 1. The number of piperidine rings is 1. The van der Waals surface area contributed by atoms with Crippen molar-refractivity contribution >= 4 is 49.9 Å². The Morgan fingerprint density at radius 1 is 1.18 bits per heavy atom. The van der Waals surface area contributed by atoms with E-state index in [0.717, 1.165) is 32.3 Å². The van der Waals surface area contributed by atoms with Crippen LogP contribution in [0.4, 0.5) is 5.69 Å². The van der Waals surface area contributed by atoms with Crippen molar-refractivity contribution in [3.63, 3.8) is 0 Å². The smallest absolute Gasteiger partial charge is 0.356 e. The summed E-state index contributed by atoms with van der Waals surface area (Å²) in [5.41, 5.74) is 1.51. The molecule has 1 aromatic heterocycles. The van der Waals surface area contributed by atoms with E-state index < -0.39 is 10.0 Å². The molecule has 1 aromatic carbocycles. The predicted octanol–water partition coefficient (Wildman–Crippen LogP) is 2.02. The molecule has 2 aliphatic rings. The lowest BCUT2D eigenvalue weighted by atomic mass is 9.83. The van der Waals surface area contributed by atoms with Crippen molar-refractivity contribution < 1.29 is 17.4 Å². The third kappa shape index (κ3) is 5.02. The lowest BCUT2D eigenvalue weighted by Crippen LogP contribution is -2.48. The number of carbonyl (C=O) groups excluding carboxylic acids is 1. The van der Waals surface area contributed by atoms with Gasteiger partial charge in [-0.25, -0.2) is 0 Å². The summed E-state index contributed by atoms with van der Waals surface area (Å²) in [6.07, 6.45) is 1.03. The third-order valence-corrected chi connectivity index (χ3v) is 8.91. The van der Waals surface area contributed by atoms with E-state index in [1.54, 1.807) is 12.1 Å². The van der Waals surface area contributed by atoms with Gasteiger partial charge in [-0.2, -0.15) is 8.42 Å². The summed E-state index contributed by atoms with van der Waals surface area (Å²) >= 11 is 6.86. The molecular weight excluding hydrogens is 484 g/mol. The van der Waals surface area contributed by atoms with Gasteiger partial charge < -0.3 is 14.8 Å². The van der Waals surface area contributed by atoms with E-state index in [-0.39, 0.29) is 32.2 Å². The number of amides is 1. The fraction of sp³-hybridized carbons (Fsp3) is 0.381. The van der Waals surface area contributed by atoms with Gasteiger partial charge in [-0.3, -0.25) is 9.59 Å². The van der Waals surface area contributed by atoms with E-state index in [1.165, 1.54) is 36.0 Å². The van der Waals surface area contributed by atoms with Crippen molar-refractivity contribution in [2.24, 2.45) is 5.92 Å². The average Bonchev–Trinajstić information content (AvgIpc) is 2.78. The summed E-state index contributed by atoms with van der Waals surface area (Å²) < 4.78 is 26.1. The van der Waals surface area contributed by atoms with Gasteiger partial charge in [0.05, 0.1) is 5.75 Å². The number of sulfonamides is 1. The summed E-state index contributed by atoms with van der Waals surface area (Å²) in [6, 6.07) is 10.8. The minimum Gasteiger partial charge on any atom is -0.356 e. The molecule has 33 heavy (non-hydrogen) atoms. The second-order valence-corrected chi connectivity index (χ2v) is 11.7. The van der Waals surface area contributed by atoms with E-state index in [4.69, 9.17) is 12.2 Å². The molecule has 2 bridgehead atoms. The first kappa shape index (κ1) is 23.6. The lowest BCUT2D eigenvalue weighted by molar-refractivity contribution is -0.351. The molecule has 0 spiro atoms. The van der Waals surface area contributed by atoms with Crippen LogP contribution in [-0.4, -0.2) is 58.2 Å². The molecule has 2 atom stereocenters. The monoisotopic (exact) mass is 507 g/mol. The minimum atomic E-state index is -4.06. The normalized spacial score (nSPS) is 19.5. The maximum Gasteiger partial charge on any atom is 0.437 e. The molecule has 2 aromatic rings. The fourth-order valence-corrected chi connectivity index (χ4v) is 6.08. The van der Waals surface area contributed by atoms with Gasteiger partial charge in [0.25, 0.3) is 5.56 Å². The van der Waals surface area contributed by atoms with E-state index in [2.05, 4.69) is 10.2 Å². The number of hydrogen-bond acceptors (Lipinski definition) is 7. The van der Waals surface area contributed by atoms with Crippen LogP contribution >= 0.6 is 24.0 Å². The molecule has 2 aliphatic heterocycles. The van der Waals surface area contributed by atoms with Gasteiger partial charge in [0, 0.05) is 47.9 Å². The molecule has 1 N–H and O–H groups in total. The van der Waals surface area contributed by atoms with Gasteiger partial charge in [0.1, 0.15) is 13.4 Å². The molecule has 0 radical (unpaired) electrons. The van der Waals surface area contributed by atoms with Crippen molar-refractivity contribution in [2.45, 2.75) is 23.8 Å². The van der Waals surface area contributed by atoms with Gasteiger partial charge >= 0.3 is 10.0 Å². The molecule has 1 saturated heterocycles. The molecule has 174 valence electrons. The highest BCUT2D eigenvalue weighted by Gasteiger charge is 2.35. The van der Waals surface area contributed by atoms with Crippen molar-refractivity contribution in [3.05, 3.63) is 63.4 Å². The Bertz CT molecular complexity index is 1270.